The molecular weight excluding hydrogens is 458 g/mol. The third kappa shape index (κ3) is 4.99. The first-order chi connectivity index (χ1) is 15.3. The zero-order valence-electron chi connectivity index (χ0n) is 17.1. The Bertz CT molecular complexity index is 1170. The van der Waals surface area contributed by atoms with Crippen molar-refractivity contribution in [1.29, 1.82) is 0 Å². The van der Waals surface area contributed by atoms with Crippen LogP contribution >= 0.6 is 23.1 Å². The second-order valence-electron chi connectivity index (χ2n) is 7.49. The zero-order chi connectivity index (χ0) is 22.8. The quantitative estimate of drug-likeness (QED) is 0.407. The Morgan fingerprint density at radius 1 is 1.31 bits per heavy atom. The molecule has 2 heterocycles. The smallest absolute Gasteiger partial charge is 0.387 e. The predicted octanol–water partition coefficient (Wildman–Crippen LogP) is 4.05. The van der Waals surface area contributed by atoms with Crippen LogP contribution in [0.3, 0.4) is 0 Å². The van der Waals surface area contributed by atoms with Crippen LogP contribution in [0.2, 0.25) is 0 Å². The molecule has 1 aromatic carbocycles. The van der Waals surface area contributed by atoms with Crippen LogP contribution in [0.5, 0.6) is 5.75 Å². The summed E-state index contributed by atoms with van der Waals surface area (Å²) in [6.45, 7) is -0.721. The summed E-state index contributed by atoms with van der Waals surface area (Å²) in [6.07, 6.45) is 3.10. The molecule has 0 saturated heterocycles. The molecule has 0 saturated carbocycles. The first-order valence-corrected chi connectivity index (χ1v) is 11.7. The highest BCUT2D eigenvalue weighted by atomic mass is 32.2. The minimum absolute atomic E-state index is 0.0757. The van der Waals surface area contributed by atoms with Gasteiger partial charge in [0.05, 0.1) is 11.1 Å². The van der Waals surface area contributed by atoms with Gasteiger partial charge >= 0.3 is 6.61 Å². The number of aromatic nitrogens is 2. The Labute approximate surface area is 190 Å². The minimum Gasteiger partial charge on any atom is -0.435 e. The summed E-state index contributed by atoms with van der Waals surface area (Å²) >= 11 is 2.71. The van der Waals surface area contributed by atoms with Gasteiger partial charge in [0, 0.05) is 10.4 Å². The van der Waals surface area contributed by atoms with E-state index in [2.05, 4.69) is 26.9 Å². The van der Waals surface area contributed by atoms with E-state index in [9.17, 15) is 18.4 Å². The lowest BCUT2D eigenvalue weighted by Crippen LogP contribution is -2.31. The average Bonchev–Trinajstić information content (AvgIpc) is 3.10. The number of halogens is 2. The third-order valence-electron chi connectivity index (χ3n) is 5.09. The number of aryl methyl sites for hydroxylation is 1. The standard InChI is InChI=1S/C21H20F2N4O3S2/c1-10-2-7-13-14(8-10)32-19-16(13)17(24)26-21(27-19)31-9-15(28)25-18(29)11-3-5-12(6-4-11)30-20(22)23/h3-6,10,20H,2,7-9H2,1H3,(H2,24,26,27)(H,25,28,29). The van der Waals surface area contributed by atoms with Gasteiger partial charge in [0.2, 0.25) is 5.91 Å². The summed E-state index contributed by atoms with van der Waals surface area (Å²) in [5.41, 5.74) is 7.58. The molecule has 3 N–H and O–H groups in total. The molecule has 1 aliphatic rings. The number of nitrogens with one attached hydrogen (secondary N) is 1. The van der Waals surface area contributed by atoms with E-state index in [-0.39, 0.29) is 17.1 Å². The number of nitrogens with two attached hydrogens (primary N) is 1. The first kappa shape index (κ1) is 22.4. The van der Waals surface area contributed by atoms with Crippen LogP contribution in [0.15, 0.2) is 29.4 Å². The third-order valence-corrected chi connectivity index (χ3v) is 7.09. The van der Waals surface area contributed by atoms with Crippen molar-refractivity contribution in [2.24, 2.45) is 5.92 Å². The number of carbonyl (C=O) groups is 2. The van der Waals surface area contributed by atoms with Crippen molar-refractivity contribution >= 4 is 50.9 Å². The SMILES string of the molecule is CC1CCc2c(sc3nc(SCC(=O)NC(=O)c4ccc(OC(F)F)cc4)nc(N)c23)C1. The van der Waals surface area contributed by atoms with Gasteiger partial charge in [-0.15, -0.1) is 11.3 Å². The first-order valence-electron chi connectivity index (χ1n) is 9.89. The molecule has 7 nitrogen and oxygen atoms in total. The molecule has 1 atom stereocenters. The normalized spacial score (nSPS) is 15.6. The number of nitrogens with zero attached hydrogens (tertiary/aromatic N) is 2. The summed E-state index contributed by atoms with van der Waals surface area (Å²) in [4.78, 5) is 35.4. The van der Waals surface area contributed by atoms with E-state index in [1.165, 1.54) is 34.7 Å². The van der Waals surface area contributed by atoms with Crippen molar-refractivity contribution in [2.45, 2.75) is 38.0 Å². The van der Waals surface area contributed by atoms with E-state index in [0.717, 1.165) is 41.2 Å². The van der Waals surface area contributed by atoms with Gasteiger partial charge in [-0.3, -0.25) is 14.9 Å². The fourth-order valence-electron chi connectivity index (χ4n) is 3.57. The highest BCUT2D eigenvalue weighted by Crippen LogP contribution is 2.39. The topological polar surface area (TPSA) is 107 Å². The van der Waals surface area contributed by atoms with Crippen LogP contribution in [0.4, 0.5) is 14.6 Å². The molecule has 0 spiro atoms. The lowest BCUT2D eigenvalue weighted by molar-refractivity contribution is -0.117. The number of hydrogen-bond donors (Lipinski definition) is 2. The zero-order valence-corrected chi connectivity index (χ0v) is 18.7. The number of imide groups is 1. The number of ether oxygens (including phenoxy) is 1. The number of thioether (sulfide) groups is 1. The number of hydrogen-bond acceptors (Lipinski definition) is 8. The molecule has 0 bridgehead atoms. The minimum atomic E-state index is -2.95. The van der Waals surface area contributed by atoms with Crippen LogP contribution in [-0.4, -0.2) is 34.1 Å². The maximum Gasteiger partial charge on any atom is 0.387 e. The van der Waals surface area contributed by atoms with Gasteiger partial charge in [-0.25, -0.2) is 9.97 Å². The predicted molar refractivity (Wildman–Crippen MR) is 119 cm³/mol. The number of thiophene rings is 1. The number of carbonyl (C=O) groups excluding carboxylic acids is 2. The molecule has 0 fully saturated rings. The molecule has 11 heteroatoms. The van der Waals surface area contributed by atoms with Gasteiger partial charge in [0.25, 0.3) is 5.91 Å². The number of rotatable bonds is 6. The van der Waals surface area contributed by atoms with Crippen LogP contribution in [0, 0.1) is 5.92 Å². The Balaban J connectivity index is 1.38. The van der Waals surface area contributed by atoms with Crippen LogP contribution in [0.25, 0.3) is 10.2 Å². The number of nitrogen functional groups attached to an aromatic ring is 1. The molecule has 1 aliphatic carbocycles. The van der Waals surface area contributed by atoms with Gasteiger partial charge in [0.1, 0.15) is 16.4 Å². The number of alkyl halides is 2. The Morgan fingerprint density at radius 2 is 2.06 bits per heavy atom. The van der Waals surface area contributed by atoms with E-state index in [4.69, 9.17) is 5.73 Å². The lowest BCUT2D eigenvalue weighted by atomic mass is 9.89. The summed E-state index contributed by atoms with van der Waals surface area (Å²) in [5.74, 6) is -0.288. The summed E-state index contributed by atoms with van der Waals surface area (Å²) in [6, 6.07) is 5.05. The van der Waals surface area contributed by atoms with E-state index in [1.54, 1.807) is 11.3 Å². The second-order valence-corrected chi connectivity index (χ2v) is 9.52. The Kier molecular flexibility index (Phi) is 6.56. The highest BCUT2D eigenvalue weighted by molar-refractivity contribution is 7.99. The van der Waals surface area contributed by atoms with Crippen LogP contribution < -0.4 is 15.8 Å². The van der Waals surface area contributed by atoms with Gasteiger partial charge in [-0.2, -0.15) is 8.78 Å². The van der Waals surface area contributed by atoms with E-state index in [0.29, 0.717) is 16.9 Å². The van der Waals surface area contributed by atoms with Crippen molar-refractivity contribution in [3.63, 3.8) is 0 Å². The summed E-state index contributed by atoms with van der Waals surface area (Å²) in [5, 5.41) is 3.54. The summed E-state index contributed by atoms with van der Waals surface area (Å²) in [7, 11) is 0. The van der Waals surface area contributed by atoms with Crippen molar-refractivity contribution in [2.75, 3.05) is 11.5 Å². The Hall–Kier alpha value is -2.79. The molecule has 32 heavy (non-hydrogen) atoms. The van der Waals surface area contributed by atoms with Crippen molar-refractivity contribution in [3.8, 4) is 5.75 Å². The maximum atomic E-state index is 12.2. The maximum absolute atomic E-state index is 12.2. The molecule has 168 valence electrons. The van der Waals surface area contributed by atoms with Gasteiger partial charge < -0.3 is 10.5 Å². The molecule has 2 aromatic heterocycles. The number of anilines is 1. The van der Waals surface area contributed by atoms with Gasteiger partial charge in [0.15, 0.2) is 5.16 Å². The van der Waals surface area contributed by atoms with Crippen molar-refractivity contribution in [3.05, 3.63) is 40.3 Å². The van der Waals surface area contributed by atoms with Gasteiger partial charge in [-0.1, -0.05) is 18.7 Å². The fourth-order valence-corrected chi connectivity index (χ4v) is 5.67. The lowest BCUT2D eigenvalue weighted by Gasteiger charge is -2.17. The van der Waals surface area contributed by atoms with Crippen molar-refractivity contribution in [1.82, 2.24) is 15.3 Å². The highest BCUT2D eigenvalue weighted by Gasteiger charge is 2.23. The largest absolute Gasteiger partial charge is 0.435 e. The fraction of sp³-hybridized carbons (Fsp3) is 0.333. The molecule has 0 radical (unpaired) electrons. The molecular formula is C21H20F2N4O3S2. The number of benzene rings is 1. The molecule has 3 aromatic rings. The van der Waals surface area contributed by atoms with E-state index >= 15 is 0 Å². The molecule has 4 rings (SSSR count). The van der Waals surface area contributed by atoms with E-state index < -0.39 is 18.4 Å². The number of fused-ring (bicyclic) bond motifs is 3. The Morgan fingerprint density at radius 3 is 2.78 bits per heavy atom. The van der Waals surface area contributed by atoms with Crippen LogP contribution in [0.1, 0.15) is 34.1 Å². The monoisotopic (exact) mass is 478 g/mol. The average molecular weight is 479 g/mol. The van der Waals surface area contributed by atoms with Crippen molar-refractivity contribution < 1.29 is 23.1 Å². The molecule has 1 unspecified atom stereocenters. The van der Waals surface area contributed by atoms with Gasteiger partial charge in [-0.05, 0) is 55.0 Å². The number of amides is 2. The van der Waals surface area contributed by atoms with Crippen LogP contribution in [-0.2, 0) is 17.6 Å². The molecule has 0 aliphatic heterocycles. The molecule has 2 amide bonds. The van der Waals surface area contributed by atoms with E-state index in [1.807, 2.05) is 0 Å². The second kappa shape index (κ2) is 9.37. The summed E-state index contributed by atoms with van der Waals surface area (Å²) < 4.78 is 28.6.